The molecule has 0 saturated carbocycles. The first-order valence-corrected chi connectivity index (χ1v) is 8.74. The highest BCUT2D eigenvalue weighted by Gasteiger charge is 2.49. The van der Waals surface area contributed by atoms with E-state index >= 15 is 0 Å². The molecule has 1 heterocycles. The summed E-state index contributed by atoms with van der Waals surface area (Å²) in [7, 11) is 0. The van der Waals surface area contributed by atoms with Gasteiger partial charge in [0, 0.05) is 5.02 Å². The van der Waals surface area contributed by atoms with Crippen LogP contribution in [-0.2, 0) is 10.3 Å². The third-order valence-electron chi connectivity index (χ3n) is 4.42. The van der Waals surface area contributed by atoms with E-state index in [0.717, 1.165) is 17.0 Å². The van der Waals surface area contributed by atoms with E-state index in [1.165, 1.54) is 13.0 Å². The first-order valence-electron chi connectivity index (χ1n) is 8.37. The number of nitrogens with zero attached hydrogens (tertiary/aromatic N) is 1. The molecule has 0 aromatic heterocycles. The van der Waals surface area contributed by atoms with Gasteiger partial charge in [-0.2, -0.15) is 0 Å². The van der Waals surface area contributed by atoms with Gasteiger partial charge >= 0.3 is 6.03 Å². The minimum atomic E-state index is -1.57. The van der Waals surface area contributed by atoms with Crippen molar-refractivity contribution in [2.24, 2.45) is 0 Å². The molecule has 2 N–H and O–H groups in total. The van der Waals surface area contributed by atoms with Gasteiger partial charge in [0.05, 0.1) is 6.54 Å². The number of β-amino-alcohol motifs (C(OH)–C–C–N with tert-alkyl or cyclic N) is 1. The Morgan fingerprint density at radius 3 is 2.50 bits per heavy atom. The molecular weight excluding hydrogens is 394 g/mol. The van der Waals surface area contributed by atoms with Gasteiger partial charge in [0.15, 0.2) is 11.6 Å². The van der Waals surface area contributed by atoms with Crippen LogP contribution in [0.1, 0.15) is 12.5 Å². The van der Waals surface area contributed by atoms with Crippen LogP contribution in [0.2, 0.25) is 5.02 Å². The number of amides is 3. The van der Waals surface area contributed by atoms with E-state index in [1.807, 2.05) is 0 Å². The zero-order chi connectivity index (χ0) is 20.5. The molecule has 2 unspecified atom stereocenters. The van der Waals surface area contributed by atoms with Gasteiger partial charge in [-0.1, -0.05) is 17.7 Å². The van der Waals surface area contributed by atoms with Crippen LogP contribution in [-0.4, -0.2) is 41.2 Å². The molecule has 1 aliphatic heterocycles. The highest BCUT2D eigenvalue weighted by molar-refractivity contribution is 6.30. The molecule has 0 aliphatic carbocycles. The molecule has 2 aromatic rings. The monoisotopic (exact) mass is 410 g/mol. The molecule has 0 bridgehead atoms. The van der Waals surface area contributed by atoms with Crippen molar-refractivity contribution in [3.8, 4) is 5.75 Å². The maximum Gasteiger partial charge on any atom is 0.325 e. The lowest BCUT2D eigenvalue weighted by atomic mass is 9.92. The summed E-state index contributed by atoms with van der Waals surface area (Å²) in [5.41, 5.74) is -1.47. The Bertz CT molecular complexity index is 909. The molecule has 1 fully saturated rings. The second kappa shape index (κ2) is 7.73. The number of carbonyl (C=O) groups is 2. The number of imide groups is 1. The maximum atomic E-state index is 13.5. The summed E-state index contributed by atoms with van der Waals surface area (Å²) in [6.07, 6.45) is -1.15. The lowest BCUT2D eigenvalue weighted by Gasteiger charge is -2.23. The van der Waals surface area contributed by atoms with Gasteiger partial charge in [-0.05, 0) is 48.9 Å². The number of ether oxygens (including phenoxy) is 1. The Hall–Kier alpha value is -2.71. The van der Waals surface area contributed by atoms with Crippen LogP contribution in [0.3, 0.4) is 0 Å². The molecule has 0 radical (unpaired) electrons. The topological polar surface area (TPSA) is 78.9 Å². The molecule has 1 aliphatic rings. The molecule has 2 atom stereocenters. The van der Waals surface area contributed by atoms with Gasteiger partial charge in [-0.3, -0.25) is 9.69 Å². The molecule has 0 spiro atoms. The standard InChI is InChI=1S/C19H17ClF2N2O4/c1-19(11-2-7-15(21)16(22)8-11)17(26)24(18(27)23-19)9-13(25)10-28-14-5-3-12(20)4-6-14/h2-8,13,25H,9-10H2,1H3,(H,23,27). The SMILES string of the molecule is CC1(c2ccc(F)c(F)c2)NC(=O)N(CC(O)COc2ccc(Cl)cc2)C1=O. The summed E-state index contributed by atoms with van der Waals surface area (Å²) in [6, 6.07) is 8.68. The van der Waals surface area contributed by atoms with Gasteiger partial charge in [-0.15, -0.1) is 0 Å². The molecule has 2 aromatic carbocycles. The van der Waals surface area contributed by atoms with E-state index in [2.05, 4.69) is 5.32 Å². The zero-order valence-corrected chi connectivity index (χ0v) is 15.5. The van der Waals surface area contributed by atoms with E-state index in [4.69, 9.17) is 16.3 Å². The normalized spacial score (nSPS) is 20.2. The number of rotatable bonds is 6. The number of aliphatic hydroxyl groups is 1. The number of nitrogens with one attached hydrogen (secondary N) is 1. The molecule has 9 heteroatoms. The Morgan fingerprint density at radius 2 is 1.86 bits per heavy atom. The Labute approximate surface area is 164 Å². The number of halogens is 3. The van der Waals surface area contributed by atoms with E-state index < -0.39 is 35.2 Å². The Morgan fingerprint density at radius 1 is 1.18 bits per heavy atom. The van der Waals surface area contributed by atoms with Gasteiger partial charge in [0.2, 0.25) is 0 Å². The number of urea groups is 1. The molecule has 3 rings (SSSR count). The van der Waals surface area contributed by atoms with Gasteiger partial charge in [0.1, 0.15) is 24.0 Å². The first-order chi connectivity index (χ1) is 13.2. The third-order valence-corrected chi connectivity index (χ3v) is 4.67. The van der Waals surface area contributed by atoms with Gasteiger partial charge in [0.25, 0.3) is 5.91 Å². The number of carbonyl (C=O) groups excluding carboxylic acids is 2. The summed E-state index contributed by atoms with van der Waals surface area (Å²) in [5, 5.41) is 13.1. The number of hydrogen-bond acceptors (Lipinski definition) is 4. The Kier molecular flexibility index (Phi) is 5.53. The van der Waals surface area contributed by atoms with E-state index in [-0.39, 0.29) is 18.7 Å². The Balaban J connectivity index is 1.67. The number of hydrogen-bond donors (Lipinski definition) is 2. The predicted molar refractivity (Wildman–Crippen MR) is 96.9 cm³/mol. The fourth-order valence-corrected chi connectivity index (χ4v) is 2.98. The van der Waals surface area contributed by atoms with Gasteiger partial charge in [-0.25, -0.2) is 13.6 Å². The fourth-order valence-electron chi connectivity index (χ4n) is 2.85. The van der Waals surface area contributed by atoms with Crippen LogP contribution in [0, 0.1) is 11.6 Å². The summed E-state index contributed by atoms with van der Waals surface area (Å²) in [5.74, 6) is -2.41. The second-order valence-electron chi connectivity index (χ2n) is 6.52. The minimum Gasteiger partial charge on any atom is -0.491 e. The van der Waals surface area contributed by atoms with Crippen molar-refractivity contribution in [2.75, 3.05) is 13.2 Å². The van der Waals surface area contributed by atoms with Crippen LogP contribution in [0.5, 0.6) is 5.75 Å². The summed E-state index contributed by atoms with van der Waals surface area (Å²) < 4.78 is 32.1. The predicted octanol–water partition coefficient (Wildman–Crippen LogP) is 2.83. The summed E-state index contributed by atoms with van der Waals surface area (Å²) >= 11 is 5.78. The van der Waals surface area contributed by atoms with Crippen LogP contribution < -0.4 is 10.1 Å². The van der Waals surface area contributed by atoms with Gasteiger partial charge < -0.3 is 15.2 Å². The lowest BCUT2D eigenvalue weighted by Crippen LogP contribution is -2.42. The van der Waals surface area contributed by atoms with Crippen molar-refractivity contribution in [1.82, 2.24) is 10.2 Å². The van der Waals surface area contributed by atoms with Crippen LogP contribution >= 0.6 is 11.6 Å². The van der Waals surface area contributed by atoms with Crippen LogP contribution in [0.25, 0.3) is 0 Å². The molecule has 3 amide bonds. The van der Waals surface area contributed by atoms with Crippen molar-refractivity contribution >= 4 is 23.5 Å². The number of aliphatic hydroxyl groups excluding tert-OH is 1. The van der Waals surface area contributed by atoms with Crippen molar-refractivity contribution in [3.05, 3.63) is 64.7 Å². The summed E-state index contributed by atoms with van der Waals surface area (Å²) in [6.45, 7) is 0.897. The lowest BCUT2D eigenvalue weighted by molar-refractivity contribution is -0.132. The average molecular weight is 411 g/mol. The maximum absolute atomic E-state index is 13.5. The van der Waals surface area contributed by atoms with Crippen LogP contribution in [0.4, 0.5) is 13.6 Å². The van der Waals surface area contributed by atoms with E-state index in [0.29, 0.717) is 10.8 Å². The van der Waals surface area contributed by atoms with Crippen molar-refractivity contribution < 1.29 is 28.2 Å². The smallest absolute Gasteiger partial charge is 0.325 e. The van der Waals surface area contributed by atoms with Crippen LogP contribution in [0.15, 0.2) is 42.5 Å². The minimum absolute atomic E-state index is 0.0964. The third kappa shape index (κ3) is 3.93. The van der Waals surface area contributed by atoms with Crippen molar-refractivity contribution in [3.63, 3.8) is 0 Å². The average Bonchev–Trinajstić information content (AvgIpc) is 2.87. The molecular formula is C19H17ClF2N2O4. The van der Waals surface area contributed by atoms with E-state index in [9.17, 15) is 23.5 Å². The highest BCUT2D eigenvalue weighted by atomic mass is 35.5. The number of benzene rings is 2. The largest absolute Gasteiger partial charge is 0.491 e. The van der Waals surface area contributed by atoms with Crippen molar-refractivity contribution in [2.45, 2.75) is 18.6 Å². The second-order valence-corrected chi connectivity index (χ2v) is 6.95. The first kappa shape index (κ1) is 20.0. The van der Waals surface area contributed by atoms with Crippen molar-refractivity contribution in [1.29, 1.82) is 0 Å². The highest BCUT2D eigenvalue weighted by Crippen LogP contribution is 2.30. The molecule has 28 heavy (non-hydrogen) atoms. The molecule has 1 saturated heterocycles. The summed E-state index contributed by atoms with van der Waals surface area (Å²) in [4.78, 5) is 25.8. The zero-order valence-electron chi connectivity index (χ0n) is 14.8. The quantitative estimate of drug-likeness (QED) is 0.718. The molecule has 148 valence electrons. The van der Waals surface area contributed by atoms with E-state index in [1.54, 1.807) is 24.3 Å². The fraction of sp³-hybridized carbons (Fsp3) is 0.263. The molecule has 6 nitrogen and oxygen atoms in total.